The number of fused-ring (bicyclic) bond motifs is 13. The fourth-order valence-corrected chi connectivity index (χ4v) is 11.6. The van der Waals surface area contributed by atoms with Crippen molar-refractivity contribution in [1.29, 1.82) is 0 Å². The lowest BCUT2D eigenvalue weighted by molar-refractivity contribution is 1.47. The molecule has 1 aliphatic carbocycles. The van der Waals surface area contributed by atoms with Crippen molar-refractivity contribution in [2.75, 3.05) is 0 Å². The van der Waals surface area contributed by atoms with E-state index in [0.717, 1.165) is 0 Å². The third-order valence-electron chi connectivity index (χ3n) is 14.2. The zero-order valence-electron chi connectivity index (χ0n) is 34.5. The molecule has 62 heavy (non-hydrogen) atoms. The predicted octanol–water partition coefficient (Wildman–Crippen LogP) is 17.7. The normalized spacial score (nSPS) is 12.4. The zero-order chi connectivity index (χ0) is 40.8. The van der Waals surface area contributed by atoms with Crippen molar-refractivity contribution in [1.82, 2.24) is 0 Å². The molecule has 0 saturated heterocycles. The van der Waals surface area contributed by atoms with Gasteiger partial charge in [-0.25, -0.2) is 0 Å². The SMILES string of the molecule is Cc1cc(-c2ccc3cc4c(cc3c2)-c2cccc3cccc-4c23)c2c(C)cccc2c1.c1ccc2c(c1)c1cccc3c4cc5c(cc4cc2c31)c1cccc2cccc5c21. The number of hydrogen-bond donors (Lipinski definition) is 0. The molecule has 0 atom stereocenters. The molecule has 0 unspecified atom stereocenters. The Kier molecular flexibility index (Phi) is 6.78. The average molecular weight is 783 g/mol. The van der Waals surface area contributed by atoms with Crippen LogP contribution in [0.2, 0.25) is 0 Å². The van der Waals surface area contributed by atoms with Crippen LogP contribution >= 0.6 is 0 Å². The third-order valence-corrected chi connectivity index (χ3v) is 14.2. The Hall–Kier alpha value is -7.80. The summed E-state index contributed by atoms with van der Waals surface area (Å²) in [6.07, 6.45) is 0. The lowest BCUT2D eigenvalue weighted by Crippen LogP contribution is -1.88. The van der Waals surface area contributed by atoms with Crippen molar-refractivity contribution >= 4 is 108 Å². The summed E-state index contributed by atoms with van der Waals surface area (Å²) >= 11 is 0. The Morgan fingerprint density at radius 3 is 1.52 bits per heavy atom. The molecule has 14 aromatic carbocycles. The van der Waals surface area contributed by atoms with E-state index in [2.05, 4.69) is 208 Å². The van der Waals surface area contributed by atoms with Gasteiger partial charge < -0.3 is 0 Å². The highest BCUT2D eigenvalue weighted by Gasteiger charge is 2.22. The van der Waals surface area contributed by atoms with Crippen molar-refractivity contribution in [3.63, 3.8) is 0 Å². The van der Waals surface area contributed by atoms with Gasteiger partial charge in [0.2, 0.25) is 0 Å². The van der Waals surface area contributed by atoms with Gasteiger partial charge in [-0.1, -0.05) is 158 Å². The Labute approximate surface area is 358 Å². The molecule has 0 fully saturated rings. The molecular formula is C62H38. The van der Waals surface area contributed by atoms with Gasteiger partial charge in [0, 0.05) is 0 Å². The van der Waals surface area contributed by atoms with E-state index >= 15 is 0 Å². The van der Waals surface area contributed by atoms with E-state index in [1.54, 1.807) is 0 Å². The van der Waals surface area contributed by atoms with Crippen LogP contribution in [-0.2, 0) is 0 Å². The summed E-state index contributed by atoms with van der Waals surface area (Å²) in [7, 11) is 0. The molecule has 0 nitrogen and oxygen atoms in total. The minimum atomic E-state index is 1.29. The van der Waals surface area contributed by atoms with Crippen LogP contribution in [-0.4, -0.2) is 0 Å². The molecule has 0 amide bonds. The second-order valence-corrected chi connectivity index (χ2v) is 17.7. The van der Waals surface area contributed by atoms with Crippen molar-refractivity contribution in [2.24, 2.45) is 0 Å². The molecular weight excluding hydrogens is 745 g/mol. The second kappa shape index (κ2) is 12.4. The van der Waals surface area contributed by atoms with Crippen LogP contribution in [0.3, 0.4) is 0 Å². The maximum Gasteiger partial charge on any atom is -0.00199 e. The maximum atomic E-state index is 2.44. The van der Waals surface area contributed by atoms with Crippen molar-refractivity contribution in [3.8, 4) is 33.4 Å². The zero-order valence-corrected chi connectivity index (χ0v) is 34.5. The lowest BCUT2D eigenvalue weighted by Gasteiger charge is -2.13. The number of rotatable bonds is 1. The van der Waals surface area contributed by atoms with Gasteiger partial charge in [-0.2, -0.15) is 0 Å². The van der Waals surface area contributed by atoms with Gasteiger partial charge in [0.25, 0.3) is 0 Å². The van der Waals surface area contributed by atoms with Crippen LogP contribution in [0.5, 0.6) is 0 Å². The van der Waals surface area contributed by atoms with E-state index in [1.165, 1.54) is 152 Å². The first-order valence-corrected chi connectivity index (χ1v) is 21.8. The van der Waals surface area contributed by atoms with Crippen LogP contribution < -0.4 is 0 Å². The van der Waals surface area contributed by atoms with Gasteiger partial charge in [0.15, 0.2) is 0 Å². The van der Waals surface area contributed by atoms with E-state index < -0.39 is 0 Å². The summed E-state index contributed by atoms with van der Waals surface area (Å²) in [6.45, 7) is 4.41. The predicted molar refractivity (Wildman–Crippen MR) is 270 cm³/mol. The summed E-state index contributed by atoms with van der Waals surface area (Å²) in [5.41, 5.74) is 10.7. The fraction of sp³-hybridized carbons (Fsp3) is 0.0323. The summed E-state index contributed by atoms with van der Waals surface area (Å²) in [5.74, 6) is 0. The summed E-state index contributed by atoms with van der Waals surface area (Å²) < 4.78 is 0. The van der Waals surface area contributed by atoms with Gasteiger partial charge in [-0.05, 0) is 202 Å². The number of aryl methyl sites for hydroxylation is 2. The highest BCUT2D eigenvalue weighted by molar-refractivity contribution is 6.37. The number of hydrogen-bond acceptors (Lipinski definition) is 0. The van der Waals surface area contributed by atoms with Crippen LogP contribution in [0.1, 0.15) is 11.1 Å². The topological polar surface area (TPSA) is 0 Å². The van der Waals surface area contributed by atoms with Gasteiger partial charge >= 0.3 is 0 Å². The summed E-state index contributed by atoms with van der Waals surface area (Å²) in [4.78, 5) is 0. The summed E-state index contributed by atoms with van der Waals surface area (Å²) in [5, 5.41) is 27.1. The third kappa shape index (κ3) is 4.61. The van der Waals surface area contributed by atoms with Gasteiger partial charge in [-0.3, -0.25) is 0 Å². The maximum absolute atomic E-state index is 2.44. The van der Waals surface area contributed by atoms with Crippen LogP contribution in [0, 0.1) is 13.8 Å². The molecule has 0 spiro atoms. The first-order chi connectivity index (χ1) is 30.6. The molecule has 286 valence electrons. The van der Waals surface area contributed by atoms with E-state index in [9.17, 15) is 0 Å². The Bertz CT molecular complexity index is 4210. The van der Waals surface area contributed by atoms with Crippen LogP contribution in [0.25, 0.3) is 141 Å². The Morgan fingerprint density at radius 1 is 0.226 bits per heavy atom. The molecule has 15 rings (SSSR count). The molecule has 0 saturated carbocycles. The highest BCUT2D eigenvalue weighted by Crippen LogP contribution is 2.49. The molecule has 0 aromatic heterocycles. The van der Waals surface area contributed by atoms with Gasteiger partial charge in [-0.15, -0.1) is 0 Å². The van der Waals surface area contributed by atoms with E-state index in [-0.39, 0.29) is 0 Å². The molecule has 0 bridgehead atoms. The molecule has 0 N–H and O–H groups in total. The minimum Gasteiger partial charge on any atom is -0.0616 e. The van der Waals surface area contributed by atoms with Crippen molar-refractivity contribution in [3.05, 3.63) is 205 Å². The van der Waals surface area contributed by atoms with Crippen LogP contribution in [0.15, 0.2) is 194 Å². The molecule has 0 radical (unpaired) electrons. The fourth-order valence-electron chi connectivity index (χ4n) is 11.6. The molecule has 14 aromatic rings. The first kappa shape index (κ1) is 34.0. The monoisotopic (exact) mass is 782 g/mol. The van der Waals surface area contributed by atoms with Crippen LogP contribution in [0.4, 0.5) is 0 Å². The molecule has 0 heterocycles. The Morgan fingerprint density at radius 2 is 0.774 bits per heavy atom. The van der Waals surface area contributed by atoms with E-state index in [1.807, 2.05) is 0 Å². The van der Waals surface area contributed by atoms with Crippen molar-refractivity contribution < 1.29 is 0 Å². The average Bonchev–Trinajstić information content (AvgIpc) is 3.92. The van der Waals surface area contributed by atoms with E-state index in [4.69, 9.17) is 0 Å². The lowest BCUT2D eigenvalue weighted by atomic mass is 9.91. The molecule has 0 heteroatoms. The smallest absolute Gasteiger partial charge is 0.00199 e. The molecule has 1 aliphatic rings. The second-order valence-electron chi connectivity index (χ2n) is 17.7. The minimum absolute atomic E-state index is 1.29. The number of benzene rings is 12. The van der Waals surface area contributed by atoms with E-state index in [0.29, 0.717) is 0 Å². The summed E-state index contributed by atoms with van der Waals surface area (Å²) in [6, 6.07) is 72.5. The highest BCUT2D eigenvalue weighted by atomic mass is 14.3. The van der Waals surface area contributed by atoms with Gasteiger partial charge in [0.05, 0.1) is 0 Å². The quantitative estimate of drug-likeness (QED) is 0.146. The Balaban J connectivity index is 0.000000121. The standard InChI is InChI=1S/C32H22.C30H16/c1-19-14-24-9-3-6-20(2)31(24)28(15-19)23-13-12-22-17-29-26-10-4-7-21-8-5-11-27(32(21)26)30(29)18-25(22)16-23;1-2-9-20-19(8-1)21-12-5-13-22-25-16-27-24-11-4-7-17-6-3-10-23(29(17)24)26(27)14-18(25)15-28(20)30(21)22/h3-18H,1-2H3;1-16H. The van der Waals surface area contributed by atoms with Crippen molar-refractivity contribution in [2.45, 2.75) is 13.8 Å². The first-order valence-electron chi connectivity index (χ1n) is 21.8. The molecule has 0 aliphatic heterocycles. The van der Waals surface area contributed by atoms with Gasteiger partial charge in [0.1, 0.15) is 0 Å². The largest absolute Gasteiger partial charge is 0.0616 e.